The molecule has 12 heavy (non-hydrogen) atoms. The van der Waals surface area contributed by atoms with Crippen molar-refractivity contribution < 1.29 is 0 Å². The fraction of sp³-hybridized carbons (Fsp3) is 0.600. The summed E-state index contributed by atoms with van der Waals surface area (Å²) < 4.78 is 0. The maximum absolute atomic E-state index is 5.91. The summed E-state index contributed by atoms with van der Waals surface area (Å²) in [6, 6.07) is 2.17. The minimum absolute atomic E-state index is 0.0313. The monoisotopic (exact) mass is 183 g/mol. The Morgan fingerprint density at radius 3 is 2.58 bits per heavy atom. The van der Waals surface area contributed by atoms with E-state index in [0.29, 0.717) is 0 Å². The Labute approximate surface area is 78.6 Å². The van der Waals surface area contributed by atoms with E-state index in [1.807, 2.05) is 11.3 Å². The Morgan fingerprint density at radius 2 is 2.17 bits per heavy atom. The van der Waals surface area contributed by atoms with Gasteiger partial charge in [-0.15, -0.1) is 11.3 Å². The summed E-state index contributed by atoms with van der Waals surface area (Å²) in [5.74, 6) is 0. The van der Waals surface area contributed by atoms with E-state index in [2.05, 4.69) is 32.2 Å². The molecular formula is C10H17NS. The number of rotatable bonds is 3. The molecular weight excluding hydrogens is 166 g/mol. The van der Waals surface area contributed by atoms with Crippen LogP contribution in [0.1, 0.15) is 30.7 Å². The molecule has 0 aromatic carbocycles. The van der Waals surface area contributed by atoms with Crippen LogP contribution in [0.15, 0.2) is 11.4 Å². The van der Waals surface area contributed by atoms with Gasteiger partial charge in [0, 0.05) is 10.4 Å². The topological polar surface area (TPSA) is 26.0 Å². The smallest absolute Gasteiger partial charge is 0.0100 e. The van der Waals surface area contributed by atoms with Gasteiger partial charge in [-0.25, -0.2) is 0 Å². The molecule has 0 spiro atoms. The van der Waals surface area contributed by atoms with E-state index in [0.717, 1.165) is 12.8 Å². The summed E-state index contributed by atoms with van der Waals surface area (Å²) >= 11 is 1.83. The van der Waals surface area contributed by atoms with Crippen LogP contribution < -0.4 is 5.73 Å². The van der Waals surface area contributed by atoms with Gasteiger partial charge in [0.15, 0.2) is 0 Å². The molecule has 2 N–H and O–H groups in total. The second-order valence-corrected chi connectivity index (χ2v) is 5.02. The Kier molecular flexibility index (Phi) is 2.91. The minimum atomic E-state index is -0.0313. The molecule has 0 saturated heterocycles. The van der Waals surface area contributed by atoms with Crippen LogP contribution in [0.2, 0.25) is 0 Å². The summed E-state index contributed by atoms with van der Waals surface area (Å²) in [7, 11) is 0. The zero-order valence-corrected chi connectivity index (χ0v) is 8.87. The molecule has 0 aliphatic rings. The zero-order chi connectivity index (χ0) is 9.19. The Bertz CT molecular complexity index is 245. The van der Waals surface area contributed by atoms with Gasteiger partial charge in [0.05, 0.1) is 0 Å². The molecule has 0 aliphatic carbocycles. The number of hydrogen-bond donors (Lipinski definition) is 1. The molecule has 1 nitrogen and oxygen atoms in total. The molecule has 1 aromatic heterocycles. The molecule has 2 heteroatoms. The highest BCUT2D eigenvalue weighted by molar-refractivity contribution is 7.10. The lowest BCUT2D eigenvalue weighted by molar-refractivity contribution is 0.478. The molecule has 0 bridgehead atoms. The van der Waals surface area contributed by atoms with Gasteiger partial charge in [-0.05, 0) is 50.6 Å². The Morgan fingerprint density at radius 1 is 1.50 bits per heavy atom. The first-order valence-corrected chi connectivity index (χ1v) is 5.19. The average Bonchev–Trinajstić information content (AvgIpc) is 2.29. The third-order valence-corrected chi connectivity index (χ3v) is 3.05. The van der Waals surface area contributed by atoms with Gasteiger partial charge in [0.25, 0.3) is 0 Å². The molecule has 0 saturated carbocycles. The van der Waals surface area contributed by atoms with Crippen molar-refractivity contribution in [3.63, 3.8) is 0 Å². The first-order valence-electron chi connectivity index (χ1n) is 4.31. The summed E-state index contributed by atoms with van der Waals surface area (Å²) in [6.45, 7) is 6.32. The van der Waals surface area contributed by atoms with E-state index >= 15 is 0 Å². The molecule has 0 radical (unpaired) electrons. The van der Waals surface area contributed by atoms with E-state index < -0.39 is 0 Å². The summed E-state index contributed by atoms with van der Waals surface area (Å²) in [5.41, 5.74) is 7.28. The van der Waals surface area contributed by atoms with Crippen molar-refractivity contribution in [3.8, 4) is 0 Å². The van der Waals surface area contributed by atoms with Crippen LogP contribution in [0.5, 0.6) is 0 Å². The van der Waals surface area contributed by atoms with Crippen LogP contribution in [0.4, 0.5) is 0 Å². The molecule has 0 aliphatic heterocycles. The van der Waals surface area contributed by atoms with Gasteiger partial charge in [-0.3, -0.25) is 0 Å². The second-order valence-electron chi connectivity index (χ2n) is 4.02. The van der Waals surface area contributed by atoms with Crippen LogP contribution in [0.3, 0.4) is 0 Å². The van der Waals surface area contributed by atoms with E-state index in [1.165, 1.54) is 10.4 Å². The third-order valence-electron chi connectivity index (χ3n) is 1.96. The van der Waals surface area contributed by atoms with Gasteiger partial charge >= 0.3 is 0 Å². The SMILES string of the molecule is Cc1ccsc1CCC(C)(C)N. The average molecular weight is 183 g/mol. The van der Waals surface area contributed by atoms with E-state index in [-0.39, 0.29) is 5.54 Å². The van der Waals surface area contributed by atoms with Crippen molar-refractivity contribution in [1.29, 1.82) is 0 Å². The maximum atomic E-state index is 5.91. The number of aryl methyl sites for hydroxylation is 2. The van der Waals surface area contributed by atoms with Gasteiger partial charge in [0.2, 0.25) is 0 Å². The zero-order valence-electron chi connectivity index (χ0n) is 8.05. The summed E-state index contributed by atoms with van der Waals surface area (Å²) in [4.78, 5) is 1.48. The van der Waals surface area contributed by atoms with Crippen molar-refractivity contribution in [3.05, 3.63) is 21.9 Å². The molecule has 68 valence electrons. The number of nitrogens with two attached hydrogens (primary N) is 1. The third kappa shape index (κ3) is 2.95. The van der Waals surface area contributed by atoms with Crippen LogP contribution in [-0.4, -0.2) is 5.54 Å². The Hall–Kier alpha value is -0.340. The molecule has 1 rings (SSSR count). The largest absolute Gasteiger partial charge is 0.326 e. The quantitative estimate of drug-likeness (QED) is 0.766. The lowest BCUT2D eigenvalue weighted by Crippen LogP contribution is -2.32. The normalized spacial score (nSPS) is 12.0. The highest BCUT2D eigenvalue weighted by Gasteiger charge is 2.11. The molecule has 0 unspecified atom stereocenters. The number of hydrogen-bond acceptors (Lipinski definition) is 2. The fourth-order valence-electron chi connectivity index (χ4n) is 1.10. The molecule has 0 fully saturated rings. The van der Waals surface area contributed by atoms with Crippen LogP contribution >= 0.6 is 11.3 Å². The van der Waals surface area contributed by atoms with Gasteiger partial charge in [-0.1, -0.05) is 0 Å². The fourth-order valence-corrected chi connectivity index (χ4v) is 2.01. The van der Waals surface area contributed by atoms with Crippen molar-refractivity contribution in [2.75, 3.05) is 0 Å². The standard InChI is InChI=1S/C10H17NS/c1-8-5-7-12-9(8)4-6-10(2,3)11/h5,7H,4,6,11H2,1-3H3. The first-order chi connectivity index (χ1) is 5.49. The van der Waals surface area contributed by atoms with Crippen molar-refractivity contribution in [2.24, 2.45) is 5.73 Å². The van der Waals surface area contributed by atoms with Crippen LogP contribution in [-0.2, 0) is 6.42 Å². The molecule has 0 atom stereocenters. The van der Waals surface area contributed by atoms with Gasteiger partial charge in [0.1, 0.15) is 0 Å². The number of thiophene rings is 1. The summed E-state index contributed by atoms with van der Waals surface area (Å²) in [5, 5.41) is 2.15. The van der Waals surface area contributed by atoms with Crippen molar-refractivity contribution in [2.45, 2.75) is 39.2 Å². The predicted molar refractivity (Wildman–Crippen MR) is 55.6 cm³/mol. The van der Waals surface area contributed by atoms with Crippen molar-refractivity contribution in [1.82, 2.24) is 0 Å². The van der Waals surface area contributed by atoms with E-state index in [9.17, 15) is 0 Å². The van der Waals surface area contributed by atoms with Gasteiger partial charge in [-0.2, -0.15) is 0 Å². The molecule has 0 amide bonds. The van der Waals surface area contributed by atoms with Gasteiger partial charge < -0.3 is 5.73 Å². The summed E-state index contributed by atoms with van der Waals surface area (Å²) in [6.07, 6.45) is 2.18. The second kappa shape index (κ2) is 3.58. The minimum Gasteiger partial charge on any atom is -0.326 e. The first kappa shape index (κ1) is 9.75. The Balaban J connectivity index is 2.49. The highest BCUT2D eigenvalue weighted by atomic mass is 32.1. The highest BCUT2D eigenvalue weighted by Crippen LogP contribution is 2.19. The van der Waals surface area contributed by atoms with E-state index in [4.69, 9.17) is 5.73 Å². The lowest BCUT2D eigenvalue weighted by Gasteiger charge is -2.17. The molecule has 1 heterocycles. The predicted octanol–water partition coefficient (Wildman–Crippen LogP) is 2.73. The van der Waals surface area contributed by atoms with Crippen LogP contribution in [0, 0.1) is 6.92 Å². The van der Waals surface area contributed by atoms with Crippen LogP contribution in [0.25, 0.3) is 0 Å². The lowest BCUT2D eigenvalue weighted by atomic mass is 9.99. The maximum Gasteiger partial charge on any atom is 0.0100 e. The van der Waals surface area contributed by atoms with E-state index in [1.54, 1.807) is 0 Å². The van der Waals surface area contributed by atoms with Crippen molar-refractivity contribution >= 4 is 11.3 Å². The molecule has 1 aromatic rings.